The van der Waals surface area contributed by atoms with Crippen LogP contribution in [0.3, 0.4) is 0 Å². The van der Waals surface area contributed by atoms with E-state index in [0.29, 0.717) is 6.42 Å². The smallest absolute Gasteiger partial charge is 0.249 e. The number of hydrogen-bond donors (Lipinski definition) is 2. The number of nitrogens with two attached hydrogens (primary N) is 2. The Morgan fingerprint density at radius 1 is 1.50 bits per heavy atom. The predicted molar refractivity (Wildman–Crippen MR) is 69.5 cm³/mol. The fourth-order valence-corrected chi connectivity index (χ4v) is 2.41. The van der Waals surface area contributed by atoms with Gasteiger partial charge in [0, 0.05) is 6.42 Å². The number of guanidine groups is 1. The molecule has 5 nitrogen and oxygen atoms in total. The minimum Gasteiger partial charge on any atom is -0.497 e. The number of aryl methyl sites for hydroxylation is 1. The number of fused-ring (bicyclic) bond motifs is 1. The lowest BCUT2D eigenvalue weighted by atomic mass is 9.97. The molecule has 1 atom stereocenters. The Morgan fingerprint density at radius 3 is 2.94 bits per heavy atom. The molecule has 18 heavy (non-hydrogen) atoms. The monoisotopic (exact) mass is 247 g/mol. The number of carbonyl (C=O) groups excluding carboxylic acids is 1. The second-order valence-corrected chi connectivity index (χ2v) is 4.43. The van der Waals surface area contributed by atoms with Crippen molar-refractivity contribution in [1.82, 2.24) is 0 Å². The number of amides is 1. The van der Waals surface area contributed by atoms with Crippen molar-refractivity contribution in [1.29, 1.82) is 0 Å². The Morgan fingerprint density at radius 2 is 2.28 bits per heavy atom. The molecule has 0 heterocycles. The van der Waals surface area contributed by atoms with Crippen LogP contribution >= 0.6 is 0 Å². The Balaban J connectivity index is 2.15. The molecule has 96 valence electrons. The maximum absolute atomic E-state index is 11.6. The van der Waals surface area contributed by atoms with Crippen molar-refractivity contribution < 1.29 is 9.53 Å². The molecule has 0 fully saturated rings. The average molecular weight is 247 g/mol. The fraction of sp³-hybridized carbons (Fsp3) is 0.385. The molecule has 0 aliphatic heterocycles. The second kappa shape index (κ2) is 5.08. The number of hydrogen-bond acceptors (Lipinski definition) is 2. The molecule has 0 aromatic heterocycles. The summed E-state index contributed by atoms with van der Waals surface area (Å²) < 4.78 is 5.20. The van der Waals surface area contributed by atoms with Gasteiger partial charge in [0.25, 0.3) is 0 Å². The molecular formula is C13H17N3O2. The third-order valence-corrected chi connectivity index (χ3v) is 3.23. The second-order valence-electron chi connectivity index (χ2n) is 4.43. The normalized spacial score (nSPS) is 17.1. The maximum Gasteiger partial charge on any atom is 0.249 e. The van der Waals surface area contributed by atoms with Gasteiger partial charge in [0.15, 0.2) is 5.96 Å². The molecule has 5 heteroatoms. The van der Waals surface area contributed by atoms with Crippen LogP contribution in [0.1, 0.15) is 29.9 Å². The molecule has 0 radical (unpaired) electrons. The topological polar surface area (TPSA) is 90.7 Å². The molecule has 4 N–H and O–H groups in total. The van der Waals surface area contributed by atoms with E-state index in [2.05, 4.69) is 11.1 Å². The summed E-state index contributed by atoms with van der Waals surface area (Å²) in [7, 11) is 1.64. The summed E-state index contributed by atoms with van der Waals surface area (Å²) in [5, 5.41) is 0. The zero-order valence-corrected chi connectivity index (χ0v) is 10.3. The highest BCUT2D eigenvalue weighted by Gasteiger charge is 2.25. The van der Waals surface area contributed by atoms with Crippen LogP contribution in [-0.4, -0.2) is 19.0 Å². The SMILES string of the molecule is COc1ccc2c(c1)C(CC(=O)N=C(N)N)CC2. The van der Waals surface area contributed by atoms with E-state index in [0.717, 1.165) is 18.6 Å². The van der Waals surface area contributed by atoms with Gasteiger partial charge in [0.05, 0.1) is 7.11 Å². The summed E-state index contributed by atoms with van der Waals surface area (Å²) in [5.41, 5.74) is 12.8. The van der Waals surface area contributed by atoms with Gasteiger partial charge >= 0.3 is 0 Å². The lowest BCUT2D eigenvalue weighted by Crippen LogP contribution is -2.24. The van der Waals surface area contributed by atoms with Gasteiger partial charge in [-0.25, -0.2) is 0 Å². The van der Waals surface area contributed by atoms with Gasteiger partial charge in [-0.15, -0.1) is 0 Å². The number of methoxy groups -OCH3 is 1. The molecule has 0 saturated carbocycles. The third kappa shape index (κ3) is 2.61. The van der Waals surface area contributed by atoms with E-state index >= 15 is 0 Å². The Bertz CT molecular complexity index is 493. The maximum atomic E-state index is 11.6. The van der Waals surface area contributed by atoms with Crippen LogP contribution in [0.4, 0.5) is 0 Å². The molecule has 2 rings (SSSR count). The van der Waals surface area contributed by atoms with Gasteiger partial charge in [-0.2, -0.15) is 4.99 Å². The third-order valence-electron chi connectivity index (χ3n) is 3.23. The highest BCUT2D eigenvalue weighted by Crippen LogP contribution is 2.37. The standard InChI is InChI=1S/C13H17N3O2/c1-18-10-5-4-8-2-3-9(11(8)7-10)6-12(17)16-13(14)15/h4-5,7,9H,2-3,6H2,1H3,(H4,14,15,16,17). The molecule has 1 aromatic rings. The first-order valence-corrected chi connectivity index (χ1v) is 5.89. The van der Waals surface area contributed by atoms with Crippen molar-refractivity contribution in [2.24, 2.45) is 16.5 Å². The van der Waals surface area contributed by atoms with E-state index in [1.807, 2.05) is 12.1 Å². The number of nitrogens with zero attached hydrogens (tertiary/aromatic N) is 1. The van der Waals surface area contributed by atoms with E-state index in [-0.39, 0.29) is 17.8 Å². The highest BCUT2D eigenvalue weighted by atomic mass is 16.5. The molecule has 0 saturated heterocycles. The van der Waals surface area contributed by atoms with Crippen molar-refractivity contribution in [2.75, 3.05) is 7.11 Å². The number of carbonyl (C=O) groups is 1. The molecule has 1 unspecified atom stereocenters. The molecule has 1 aromatic carbocycles. The molecule has 0 spiro atoms. The van der Waals surface area contributed by atoms with Gasteiger partial charge in [-0.1, -0.05) is 6.07 Å². The molecule has 1 aliphatic rings. The van der Waals surface area contributed by atoms with Crippen LogP contribution < -0.4 is 16.2 Å². The Hall–Kier alpha value is -2.04. The Kier molecular flexibility index (Phi) is 3.50. The van der Waals surface area contributed by atoms with Gasteiger partial charge in [-0.05, 0) is 42.0 Å². The van der Waals surface area contributed by atoms with E-state index in [1.54, 1.807) is 7.11 Å². The minimum absolute atomic E-state index is 0.177. The predicted octanol–water partition coefficient (Wildman–Crippen LogP) is 0.915. The highest BCUT2D eigenvalue weighted by molar-refractivity contribution is 5.91. The molecule has 0 bridgehead atoms. The summed E-state index contributed by atoms with van der Waals surface area (Å²) in [6.45, 7) is 0. The lowest BCUT2D eigenvalue weighted by Gasteiger charge is -2.10. The quantitative estimate of drug-likeness (QED) is 0.613. The first-order chi connectivity index (χ1) is 8.60. The molecule has 1 amide bonds. The van der Waals surface area contributed by atoms with Crippen LogP contribution in [0, 0.1) is 0 Å². The van der Waals surface area contributed by atoms with Gasteiger partial charge in [0.1, 0.15) is 5.75 Å². The number of ether oxygens (including phenoxy) is 1. The summed E-state index contributed by atoms with van der Waals surface area (Å²) >= 11 is 0. The van der Waals surface area contributed by atoms with Gasteiger partial charge in [0.2, 0.25) is 5.91 Å². The van der Waals surface area contributed by atoms with Crippen molar-refractivity contribution in [2.45, 2.75) is 25.2 Å². The summed E-state index contributed by atoms with van der Waals surface area (Å²) in [5.74, 6) is 0.556. The summed E-state index contributed by atoms with van der Waals surface area (Å²) in [6, 6.07) is 5.99. The Labute approximate surface area is 106 Å². The van der Waals surface area contributed by atoms with Crippen LogP contribution in [-0.2, 0) is 11.2 Å². The van der Waals surface area contributed by atoms with Crippen LogP contribution in [0.2, 0.25) is 0 Å². The number of aliphatic imine (C=N–C) groups is 1. The lowest BCUT2D eigenvalue weighted by molar-refractivity contribution is -0.118. The average Bonchev–Trinajstić information content (AvgIpc) is 2.70. The van der Waals surface area contributed by atoms with Crippen molar-refractivity contribution in [3.8, 4) is 5.75 Å². The van der Waals surface area contributed by atoms with Gasteiger partial charge in [-0.3, -0.25) is 4.79 Å². The first kappa shape index (κ1) is 12.4. The van der Waals surface area contributed by atoms with Crippen molar-refractivity contribution in [3.05, 3.63) is 29.3 Å². The first-order valence-electron chi connectivity index (χ1n) is 5.89. The van der Waals surface area contributed by atoms with E-state index in [1.165, 1.54) is 11.1 Å². The van der Waals surface area contributed by atoms with Crippen LogP contribution in [0.5, 0.6) is 5.75 Å². The van der Waals surface area contributed by atoms with E-state index in [4.69, 9.17) is 16.2 Å². The zero-order chi connectivity index (χ0) is 13.1. The van der Waals surface area contributed by atoms with Gasteiger partial charge < -0.3 is 16.2 Å². The number of rotatable bonds is 3. The molecule has 1 aliphatic carbocycles. The van der Waals surface area contributed by atoms with E-state index < -0.39 is 0 Å². The summed E-state index contributed by atoms with van der Waals surface area (Å²) in [6.07, 6.45) is 2.28. The zero-order valence-electron chi connectivity index (χ0n) is 10.3. The molecular weight excluding hydrogens is 230 g/mol. The van der Waals surface area contributed by atoms with Crippen molar-refractivity contribution >= 4 is 11.9 Å². The fourth-order valence-electron chi connectivity index (χ4n) is 2.41. The van der Waals surface area contributed by atoms with Crippen LogP contribution in [0.15, 0.2) is 23.2 Å². The minimum atomic E-state index is -0.268. The largest absolute Gasteiger partial charge is 0.497 e. The van der Waals surface area contributed by atoms with Crippen LogP contribution in [0.25, 0.3) is 0 Å². The number of benzene rings is 1. The van der Waals surface area contributed by atoms with E-state index in [9.17, 15) is 4.79 Å². The summed E-state index contributed by atoms with van der Waals surface area (Å²) in [4.78, 5) is 15.2. The van der Waals surface area contributed by atoms with Crippen molar-refractivity contribution in [3.63, 3.8) is 0 Å².